The van der Waals surface area contributed by atoms with E-state index in [1.165, 1.54) is 7.11 Å². The van der Waals surface area contributed by atoms with Gasteiger partial charge in [-0.05, 0) is 109 Å². The lowest BCUT2D eigenvalue weighted by molar-refractivity contribution is -0.374. The summed E-state index contributed by atoms with van der Waals surface area (Å²) >= 11 is 0. The highest BCUT2D eigenvalue weighted by molar-refractivity contribution is 5.25. The van der Waals surface area contributed by atoms with Crippen LogP contribution in [0, 0.1) is 28.6 Å². The van der Waals surface area contributed by atoms with Crippen molar-refractivity contribution in [2.45, 2.75) is 284 Å². The number of methoxy groups -OCH3 is 4. The molecule has 23 heteroatoms. The van der Waals surface area contributed by atoms with Gasteiger partial charge in [0.05, 0.1) is 78.7 Å². The SMILES string of the molecule is CO[C@H]1[C@@H](O)[C@H](O[C@H]2[C@@H](OC)C[C@H](O[C@@H]3[C@@H](C)O[C@@H](O[C@H]4[C@@H](OC)C[C@H](O[C@H]5CC[C@@]6(C)[C@@H](CC[C@@H]7[C@@H]6C[C@@H](O)[C@]6(C)[C@](O)(C(C)O)CC[C@]76O)C5)O[C@@H]4C)C[C@H]3OC)O[C@@H]2C)O[C@H](C)[C@H]1O[C@@H]1O[C@H](CO)[C@@H](O)[C@H](O)[C@H]1O. The van der Waals surface area contributed by atoms with Crippen LogP contribution in [0.4, 0.5) is 0 Å². The van der Waals surface area contributed by atoms with Gasteiger partial charge in [-0.1, -0.05) is 13.8 Å². The van der Waals surface area contributed by atoms with Crippen LogP contribution in [0.3, 0.4) is 0 Å². The molecule has 9 N–H and O–H groups in total. The monoisotopic (exact) mass is 1120 g/mol. The number of aliphatic hydroxyl groups excluding tert-OH is 7. The molecule has 0 aromatic rings. The molecule has 5 heterocycles. The first-order valence-corrected chi connectivity index (χ1v) is 28.7. The predicted molar refractivity (Wildman–Crippen MR) is 270 cm³/mol. The first-order chi connectivity index (χ1) is 36.9. The zero-order chi connectivity index (χ0) is 56.6. The Bertz CT molecular complexity index is 1960. The second kappa shape index (κ2) is 24.2. The van der Waals surface area contributed by atoms with Gasteiger partial charge < -0.3 is 112 Å². The average Bonchev–Trinajstić information content (AvgIpc) is 3.84. The Hall–Kier alpha value is -0.920. The highest BCUT2D eigenvalue weighted by Crippen LogP contribution is 2.70. The molecule has 0 aromatic carbocycles. The van der Waals surface area contributed by atoms with E-state index in [2.05, 4.69) is 6.92 Å². The fourth-order valence-corrected chi connectivity index (χ4v) is 16.2. The third-order valence-corrected chi connectivity index (χ3v) is 21.0. The van der Waals surface area contributed by atoms with Crippen molar-refractivity contribution in [2.75, 3.05) is 35.0 Å². The van der Waals surface area contributed by atoms with Gasteiger partial charge in [0.2, 0.25) is 0 Å². The van der Waals surface area contributed by atoms with Crippen molar-refractivity contribution in [1.82, 2.24) is 0 Å². The van der Waals surface area contributed by atoms with E-state index >= 15 is 0 Å². The molecule has 9 rings (SSSR count). The number of hydrogen-bond donors (Lipinski definition) is 9. The molecule has 0 amide bonds. The normalized spacial score (nSPS) is 55.2. The molecule has 0 bridgehead atoms. The minimum Gasteiger partial charge on any atom is -0.394 e. The van der Waals surface area contributed by atoms with Gasteiger partial charge in [0, 0.05) is 47.7 Å². The molecule has 1 unspecified atom stereocenters. The standard InChI is InChI=1S/C55H94O23/c1-24-45(33(65-8)20-38(69-24)73-30-14-15-52(6)29(18-30)12-13-31-32(52)19-37(58)53(7)54(63,28(5)57)16-17-55(31,53)64)75-39-21-34(66-9)46(25(2)70-39)76-40-22-35(67-10)47(26(3)71-40)77-51-44(62)49(68-11)48(27(4)72-51)78-50-43(61)42(60)41(59)36(23-56)74-50/h24-51,56-64H,12-23H2,1-11H3/t24-,25-,26-,27-,28?,29+,30+,31-,32+,33+,34-,35+,36-,37-,38+,39+,40+,41-,42+,43-,44-,45-,46-,47-,48-,49+,50+,51+,52+,53-,54-,55+/m1/s1. The minimum atomic E-state index is -1.67. The number of hydrogen-bond acceptors (Lipinski definition) is 23. The number of rotatable bonds is 16. The summed E-state index contributed by atoms with van der Waals surface area (Å²) in [5.41, 5.74) is -4.20. The maximum atomic E-state index is 12.5. The van der Waals surface area contributed by atoms with Crippen molar-refractivity contribution in [1.29, 1.82) is 0 Å². The van der Waals surface area contributed by atoms with Crippen LogP contribution in [0.15, 0.2) is 0 Å². The Morgan fingerprint density at radius 1 is 0.513 bits per heavy atom. The molecular weight excluding hydrogens is 1030 g/mol. The van der Waals surface area contributed by atoms with Crippen LogP contribution in [-0.4, -0.2) is 246 Å². The van der Waals surface area contributed by atoms with Gasteiger partial charge in [-0.15, -0.1) is 0 Å². The summed E-state index contributed by atoms with van der Waals surface area (Å²) in [6.07, 6.45) is -15.6. The van der Waals surface area contributed by atoms with Crippen molar-refractivity contribution in [3.05, 3.63) is 0 Å². The lowest BCUT2D eigenvalue weighted by atomic mass is 9.42. The highest BCUT2D eigenvalue weighted by atomic mass is 16.8. The molecule has 9 fully saturated rings. The van der Waals surface area contributed by atoms with Gasteiger partial charge in [-0.2, -0.15) is 0 Å². The van der Waals surface area contributed by atoms with Crippen LogP contribution >= 0.6 is 0 Å². The summed E-state index contributed by atoms with van der Waals surface area (Å²) in [5, 5.41) is 99.1. The van der Waals surface area contributed by atoms with E-state index in [0.29, 0.717) is 31.6 Å². The van der Waals surface area contributed by atoms with E-state index in [1.54, 1.807) is 49.0 Å². The molecule has 0 radical (unpaired) electrons. The van der Waals surface area contributed by atoms with Crippen molar-refractivity contribution in [3.8, 4) is 0 Å². The van der Waals surface area contributed by atoms with E-state index in [1.807, 2.05) is 13.8 Å². The maximum absolute atomic E-state index is 12.5. The fourth-order valence-electron chi connectivity index (χ4n) is 16.2. The predicted octanol–water partition coefficient (Wildman–Crippen LogP) is 0.523. The third kappa shape index (κ3) is 10.8. The molecule has 0 aromatic heterocycles. The Balaban J connectivity index is 0.752. The first kappa shape index (κ1) is 61.6. The van der Waals surface area contributed by atoms with E-state index in [4.69, 9.17) is 66.3 Å². The van der Waals surface area contributed by atoms with Crippen molar-refractivity contribution in [3.63, 3.8) is 0 Å². The molecule has 23 nitrogen and oxygen atoms in total. The molecule has 5 saturated heterocycles. The summed E-state index contributed by atoms with van der Waals surface area (Å²) in [5.74, 6) is 0.305. The topological polar surface area (TPSA) is 311 Å². The fraction of sp³-hybridized carbons (Fsp3) is 1.00. The smallest absolute Gasteiger partial charge is 0.187 e. The van der Waals surface area contributed by atoms with Crippen LogP contribution in [0.25, 0.3) is 0 Å². The summed E-state index contributed by atoms with van der Waals surface area (Å²) < 4.78 is 87.2. The quantitative estimate of drug-likeness (QED) is 0.0952. The summed E-state index contributed by atoms with van der Waals surface area (Å²) in [7, 11) is 6.19. The summed E-state index contributed by atoms with van der Waals surface area (Å²) in [6.45, 7) is 12.3. The van der Waals surface area contributed by atoms with Gasteiger partial charge in [0.1, 0.15) is 66.6 Å². The summed E-state index contributed by atoms with van der Waals surface area (Å²) in [4.78, 5) is 0. The lowest BCUT2D eigenvalue weighted by Crippen LogP contribution is -2.72. The van der Waals surface area contributed by atoms with Gasteiger partial charge >= 0.3 is 0 Å². The Labute approximate surface area is 458 Å². The molecule has 0 spiro atoms. The van der Waals surface area contributed by atoms with Crippen LogP contribution in [-0.2, 0) is 66.3 Å². The minimum absolute atomic E-state index is 0.0470. The van der Waals surface area contributed by atoms with Crippen molar-refractivity contribution >= 4 is 0 Å². The van der Waals surface area contributed by atoms with E-state index < -0.39 is 165 Å². The zero-order valence-corrected chi connectivity index (χ0v) is 47.4. The van der Waals surface area contributed by atoms with Gasteiger partial charge in [0.25, 0.3) is 0 Å². The lowest BCUT2D eigenvalue weighted by Gasteiger charge is -2.66. The molecule has 5 aliphatic heterocycles. The van der Waals surface area contributed by atoms with Crippen LogP contribution in [0.5, 0.6) is 0 Å². The van der Waals surface area contributed by atoms with E-state index in [-0.39, 0.29) is 42.3 Å². The van der Waals surface area contributed by atoms with Crippen LogP contribution < -0.4 is 0 Å². The van der Waals surface area contributed by atoms with Crippen LogP contribution in [0.1, 0.15) is 119 Å². The second-order valence-electron chi connectivity index (χ2n) is 24.8. The second-order valence-corrected chi connectivity index (χ2v) is 24.8. The van der Waals surface area contributed by atoms with Gasteiger partial charge in [0.15, 0.2) is 31.5 Å². The molecule has 78 heavy (non-hydrogen) atoms. The Morgan fingerprint density at radius 3 is 1.55 bits per heavy atom. The van der Waals surface area contributed by atoms with E-state index in [0.717, 1.165) is 32.1 Å². The van der Waals surface area contributed by atoms with Gasteiger partial charge in [-0.3, -0.25) is 0 Å². The average molecular weight is 1120 g/mol. The molecule has 4 saturated carbocycles. The van der Waals surface area contributed by atoms with Crippen molar-refractivity contribution in [2.24, 2.45) is 28.6 Å². The summed E-state index contributed by atoms with van der Waals surface area (Å²) in [6, 6.07) is 0. The highest BCUT2D eigenvalue weighted by Gasteiger charge is 2.76. The molecule has 4 aliphatic carbocycles. The Kier molecular flexibility index (Phi) is 19.1. The molecule has 452 valence electrons. The zero-order valence-electron chi connectivity index (χ0n) is 47.4. The van der Waals surface area contributed by atoms with E-state index in [9.17, 15) is 46.0 Å². The number of fused-ring (bicyclic) bond motifs is 5. The first-order valence-electron chi connectivity index (χ1n) is 28.7. The third-order valence-electron chi connectivity index (χ3n) is 21.0. The van der Waals surface area contributed by atoms with Crippen molar-refractivity contribution < 1.29 is 112 Å². The van der Waals surface area contributed by atoms with Crippen LogP contribution in [0.2, 0.25) is 0 Å². The largest absolute Gasteiger partial charge is 0.394 e. The maximum Gasteiger partial charge on any atom is 0.187 e. The molecule has 9 aliphatic rings. The molecular formula is C55H94O23. The van der Waals surface area contributed by atoms with Gasteiger partial charge in [-0.25, -0.2) is 0 Å². The number of aliphatic hydroxyl groups is 9. The Morgan fingerprint density at radius 2 is 1.03 bits per heavy atom. The molecule has 32 atom stereocenters. The number of ether oxygens (including phenoxy) is 14.